The monoisotopic (exact) mass is 338 g/mol. The number of alkyl halides is 10. The maximum atomic E-state index is 13.4. The van der Waals surface area contributed by atoms with Crippen molar-refractivity contribution in [2.24, 2.45) is 11.8 Å². The summed E-state index contributed by atoms with van der Waals surface area (Å²) in [5, 5.41) is 0. The molecule has 0 aliphatic rings. The molecule has 0 aliphatic carbocycles. The van der Waals surface area contributed by atoms with Crippen LogP contribution in [0.5, 0.6) is 0 Å². The Kier molecular flexibility index (Phi) is 6.77. The van der Waals surface area contributed by atoms with Crippen molar-refractivity contribution in [2.45, 2.75) is 38.0 Å². The van der Waals surface area contributed by atoms with E-state index in [2.05, 4.69) is 4.74 Å². The van der Waals surface area contributed by atoms with Gasteiger partial charge in [-0.15, -0.1) is 0 Å². The van der Waals surface area contributed by atoms with Gasteiger partial charge in [0.15, 0.2) is 0 Å². The summed E-state index contributed by atoms with van der Waals surface area (Å²) in [6.45, 7) is -2.78. The van der Waals surface area contributed by atoms with Crippen molar-refractivity contribution in [1.29, 1.82) is 0 Å². The molecular formula is C10H12F10O. The lowest BCUT2D eigenvalue weighted by molar-refractivity contribution is -0.235. The van der Waals surface area contributed by atoms with Crippen LogP contribution < -0.4 is 0 Å². The molecule has 0 heterocycles. The van der Waals surface area contributed by atoms with Crippen LogP contribution in [0.15, 0.2) is 0 Å². The van der Waals surface area contributed by atoms with E-state index in [9.17, 15) is 43.9 Å². The molecule has 11 heteroatoms. The van der Waals surface area contributed by atoms with Crippen molar-refractivity contribution in [3.8, 4) is 0 Å². The molecule has 0 aromatic carbocycles. The highest BCUT2D eigenvalue weighted by Gasteiger charge is 2.52. The van der Waals surface area contributed by atoms with Gasteiger partial charge in [0.1, 0.15) is 12.8 Å². The normalized spacial score (nSPS) is 18.4. The first-order chi connectivity index (χ1) is 9.16. The van der Waals surface area contributed by atoms with Gasteiger partial charge in [0.05, 0.1) is 11.8 Å². The molecule has 0 aliphatic heterocycles. The van der Waals surface area contributed by atoms with Crippen molar-refractivity contribution in [1.82, 2.24) is 0 Å². The average Bonchev–Trinajstić information content (AvgIpc) is 2.22. The molecule has 0 N–H and O–H groups in total. The summed E-state index contributed by atoms with van der Waals surface area (Å²) in [6, 6.07) is 0. The smallest absolute Gasteiger partial charge is 0.372 e. The predicted molar refractivity (Wildman–Crippen MR) is 51.2 cm³/mol. The Morgan fingerprint density at radius 2 is 1.33 bits per heavy atom. The van der Waals surface area contributed by atoms with Crippen LogP contribution in [0.3, 0.4) is 0 Å². The highest BCUT2D eigenvalue weighted by atomic mass is 19.4. The summed E-state index contributed by atoms with van der Waals surface area (Å²) in [5.41, 5.74) is 0. The van der Waals surface area contributed by atoms with Gasteiger partial charge in [0, 0.05) is 6.61 Å². The van der Waals surface area contributed by atoms with Crippen LogP contribution in [0.25, 0.3) is 0 Å². The summed E-state index contributed by atoms with van der Waals surface area (Å²) in [5.74, 6) is -5.95. The summed E-state index contributed by atoms with van der Waals surface area (Å²) in [7, 11) is 0. The van der Waals surface area contributed by atoms with E-state index in [0.29, 0.717) is 0 Å². The van der Waals surface area contributed by atoms with Crippen molar-refractivity contribution in [3.05, 3.63) is 0 Å². The van der Waals surface area contributed by atoms with Crippen LogP contribution in [-0.4, -0.2) is 37.9 Å². The molecule has 0 fully saturated rings. The van der Waals surface area contributed by atoms with Gasteiger partial charge in [0.25, 0.3) is 0 Å². The summed E-state index contributed by atoms with van der Waals surface area (Å²) in [4.78, 5) is 0. The first kappa shape index (κ1) is 20.3. The van der Waals surface area contributed by atoms with Gasteiger partial charge < -0.3 is 4.74 Å². The number of ether oxygens (including phenoxy) is 1. The summed E-state index contributed by atoms with van der Waals surface area (Å²) < 4.78 is 126. The Balaban J connectivity index is 4.69. The Labute approximate surface area is 113 Å². The van der Waals surface area contributed by atoms with Crippen LogP contribution >= 0.6 is 0 Å². The second kappa shape index (κ2) is 7.01. The first-order valence-corrected chi connectivity index (χ1v) is 5.58. The van der Waals surface area contributed by atoms with Gasteiger partial charge in [-0.2, -0.15) is 39.5 Å². The fourth-order valence-electron chi connectivity index (χ4n) is 1.43. The molecule has 0 rings (SSSR count). The summed E-state index contributed by atoms with van der Waals surface area (Å²) in [6.07, 6.45) is -19.9. The van der Waals surface area contributed by atoms with Crippen LogP contribution in [0.4, 0.5) is 43.9 Å². The molecule has 0 radical (unpaired) electrons. The zero-order chi connectivity index (χ0) is 17.1. The zero-order valence-corrected chi connectivity index (χ0v) is 10.5. The van der Waals surface area contributed by atoms with Gasteiger partial charge in [0.2, 0.25) is 0 Å². The van der Waals surface area contributed by atoms with Crippen molar-refractivity contribution in [2.75, 3.05) is 13.2 Å². The van der Waals surface area contributed by atoms with E-state index in [-0.39, 0.29) is 6.92 Å². The van der Waals surface area contributed by atoms with Crippen LogP contribution in [0.1, 0.15) is 13.3 Å². The maximum Gasteiger partial charge on any atom is 0.411 e. The summed E-state index contributed by atoms with van der Waals surface area (Å²) >= 11 is 0. The van der Waals surface area contributed by atoms with Crippen LogP contribution in [0.2, 0.25) is 0 Å². The molecule has 3 atom stereocenters. The molecule has 0 amide bonds. The molecule has 0 aromatic rings. The SMILES string of the molecule is CC(C(F)C(CCOCC(F)(F)F)C(F)(F)F)C(F)(F)F. The van der Waals surface area contributed by atoms with Crippen molar-refractivity contribution >= 4 is 0 Å². The molecule has 0 aromatic heterocycles. The second-order valence-electron chi connectivity index (χ2n) is 4.38. The minimum absolute atomic E-state index is 0.236. The quantitative estimate of drug-likeness (QED) is 0.505. The minimum Gasteiger partial charge on any atom is -0.372 e. The molecule has 3 unspecified atom stereocenters. The Hall–Kier alpha value is -0.740. The average molecular weight is 338 g/mol. The molecule has 1 nitrogen and oxygen atoms in total. The Morgan fingerprint density at radius 3 is 1.67 bits per heavy atom. The standard InChI is InChI=1S/C10H12F10O/c1-5(9(15,16)17)7(11)6(10(18,19)20)2-3-21-4-8(12,13)14/h5-7H,2-4H2,1H3. The van der Waals surface area contributed by atoms with E-state index in [4.69, 9.17) is 0 Å². The third-order valence-electron chi connectivity index (χ3n) is 2.64. The third kappa shape index (κ3) is 7.72. The largest absolute Gasteiger partial charge is 0.411 e. The molecule has 0 spiro atoms. The number of rotatable bonds is 6. The number of hydrogen-bond acceptors (Lipinski definition) is 1. The topological polar surface area (TPSA) is 9.23 Å². The minimum atomic E-state index is -5.32. The van der Waals surface area contributed by atoms with Gasteiger partial charge >= 0.3 is 18.5 Å². The number of hydrogen-bond donors (Lipinski definition) is 0. The third-order valence-corrected chi connectivity index (χ3v) is 2.64. The first-order valence-electron chi connectivity index (χ1n) is 5.58. The fourth-order valence-corrected chi connectivity index (χ4v) is 1.43. The molecule has 21 heavy (non-hydrogen) atoms. The van der Waals surface area contributed by atoms with E-state index in [1.54, 1.807) is 0 Å². The van der Waals surface area contributed by atoms with Gasteiger partial charge in [-0.25, -0.2) is 4.39 Å². The number of halogens is 10. The lowest BCUT2D eigenvalue weighted by atomic mass is 9.90. The molecule has 0 bridgehead atoms. The van der Waals surface area contributed by atoms with E-state index in [1.807, 2.05) is 0 Å². The van der Waals surface area contributed by atoms with E-state index in [1.165, 1.54) is 0 Å². The zero-order valence-electron chi connectivity index (χ0n) is 10.5. The maximum absolute atomic E-state index is 13.4. The Bertz CT molecular complexity index is 304. The Morgan fingerprint density at radius 1 is 0.857 bits per heavy atom. The van der Waals surface area contributed by atoms with E-state index >= 15 is 0 Å². The lowest BCUT2D eigenvalue weighted by Gasteiger charge is -2.28. The molecule has 0 saturated heterocycles. The molecular weight excluding hydrogens is 326 g/mol. The van der Waals surface area contributed by atoms with E-state index in [0.717, 1.165) is 0 Å². The highest BCUT2D eigenvalue weighted by Crippen LogP contribution is 2.40. The van der Waals surface area contributed by atoms with E-state index < -0.39 is 56.2 Å². The molecule has 128 valence electrons. The highest BCUT2D eigenvalue weighted by molar-refractivity contribution is 4.83. The van der Waals surface area contributed by atoms with Crippen molar-refractivity contribution < 1.29 is 48.6 Å². The van der Waals surface area contributed by atoms with Gasteiger partial charge in [-0.1, -0.05) is 6.92 Å². The predicted octanol–water partition coefficient (Wildman–Crippen LogP) is 4.67. The molecule has 0 saturated carbocycles. The van der Waals surface area contributed by atoms with Gasteiger partial charge in [-0.05, 0) is 6.42 Å². The second-order valence-corrected chi connectivity index (χ2v) is 4.38. The van der Waals surface area contributed by atoms with Crippen molar-refractivity contribution in [3.63, 3.8) is 0 Å². The van der Waals surface area contributed by atoms with Crippen LogP contribution in [0, 0.1) is 11.8 Å². The van der Waals surface area contributed by atoms with Gasteiger partial charge in [-0.3, -0.25) is 0 Å². The lowest BCUT2D eigenvalue weighted by Crippen LogP contribution is -2.41. The van der Waals surface area contributed by atoms with Crippen LogP contribution in [-0.2, 0) is 4.74 Å². The fraction of sp³-hybridized carbons (Fsp3) is 1.00.